The summed E-state index contributed by atoms with van der Waals surface area (Å²) in [5, 5.41) is 9.88. The number of fused-ring (bicyclic) bond motifs is 1. The zero-order valence-corrected chi connectivity index (χ0v) is 17.8. The van der Waals surface area contributed by atoms with Crippen LogP contribution in [-0.2, 0) is 20.8 Å². The summed E-state index contributed by atoms with van der Waals surface area (Å²) in [4.78, 5) is 39.0. The SMILES string of the molecule is CC(=O)Nc1ccc(-c2csc(NC(=O)COc3ccc4c(c3)CCC(=O)N4)n2)c(F)c1. The Morgan fingerprint density at radius 2 is 2.03 bits per heavy atom. The Morgan fingerprint density at radius 3 is 2.81 bits per heavy atom. The van der Waals surface area contributed by atoms with Gasteiger partial charge in [-0.1, -0.05) is 0 Å². The van der Waals surface area contributed by atoms with Crippen molar-refractivity contribution in [3.63, 3.8) is 0 Å². The Balaban J connectivity index is 1.35. The highest BCUT2D eigenvalue weighted by Crippen LogP contribution is 2.29. The highest BCUT2D eigenvalue weighted by atomic mass is 32.1. The fourth-order valence-corrected chi connectivity index (χ4v) is 3.94. The summed E-state index contributed by atoms with van der Waals surface area (Å²) in [5.41, 5.74) is 2.69. The molecule has 164 valence electrons. The van der Waals surface area contributed by atoms with E-state index in [4.69, 9.17) is 4.74 Å². The van der Waals surface area contributed by atoms with E-state index >= 15 is 0 Å². The maximum Gasteiger partial charge on any atom is 0.264 e. The van der Waals surface area contributed by atoms with Gasteiger partial charge in [-0.05, 0) is 48.4 Å². The lowest BCUT2D eigenvalue weighted by atomic mass is 10.0. The molecule has 1 aliphatic rings. The quantitative estimate of drug-likeness (QED) is 0.525. The van der Waals surface area contributed by atoms with Crippen LogP contribution in [0.1, 0.15) is 18.9 Å². The summed E-state index contributed by atoms with van der Waals surface area (Å²) in [6.45, 7) is 1.12. The van der Waals surface area contributed by atoms with Gasteiger partial charge in [0.05, 0.1) is 5.69 Å². The van der Waals surface area contributed by atoms with Gasteiger partial charge >= 0.3 is 0 Å². The Kier molecular flexibility index (Phi) is 6.13. The highest BCUT2D eigenvalue weighted by Gasteiger charge is 2.16. The second-order valence-electron chi connectivity index (χ2n) is 7.12. The van der Waals surface area contributed by atoms with E-state index in [-0.39, 0.29) is 24.0 Å². The molecule has 0 aliphatic carbocycles. The Hall–Kier alpha value is -3.79. The van der Waals surface area contributed by atoms with Crippen molar-refractivity contribution >= 4 is 45.6 Å². The number of rotatable bonds is 6. The van der Waals surface area contributed by atoms with Crippen LogP contribution in [0.4, 0.5) is 20.9 Å². The molecule has 2 aromatic carbocycles. The molecule has 0 spiro atoms. The molecule has 10 heteroatoms. The number of aryl methyl sites for hydroxylation is 1. The second-order valence-corrected chi connectivity index (χ2v) is 7.98. The number of carbonyl (C=O) groups is 3. The van der Waals surface area contributed by atoms with Crippen LogP contribution in [0.3, 0.4) is 0 Å². The molecule has 3 amide bonds. The molecule has 0 bridgehead atoms. The maximum atomic E-state index is 14.4. The van der Waals surface area contributed by atoms with Gasteiger partial charge in [-0.15, -0.1) is 11.3 Å². The lowest BCUT2D eigenvalue weighted by Crippen LogP contribution is -2.21. The molecule has 3 aromatic rings. The monoisotopic (exact) mass is 454 g/mol. The van der Waals surface area contributed by atoms with Crippen molar-refractivity contribution in [2.24, 2.45) is 0 Å². The maximum absolute atomic E-state index is 14.4. The third kappa shape index (κ3) is 5.09. The minimum Gasteiger partial charge on any atom is -0.484 e. The molecule has 0 atom stereocenters. The van der Waals surface area contributed by atoms with Gasteiger partial charge < -0.3 is 15.4 Å². The average Bonchev–Trinajstić information content (AvgIpc) is 3.20. The third-order valence-corrected chi connectivity index (χ3v) is 5.42. The van der Waals surface area contributed by atoms with Crippen molar-refractivity contribution in [2.45, 2.75) is 19.8 Å². The number of ether oxygens (including phenoxy) is 1. The predicted octanol–water partition coefficient (Wildman–Crippen LogP) is 3.81. The van der Waals surface area contributed by atoms with E-state index in [1.165, 1.54) is 19.1 Å². The molecule has 0 saturated heterocycles. The van der Waals surface area contributed by atoms with Crippen LogP contribution in [0, 0.1) is 5.82 Å². The van der Waals surface area contributed by atoms with Gasteiger partial charge in [-0.3, -0.25) is 19.7 Å². The van der Waals surface area contributed by atoms with E-state index in [0.29, 0.717) is 35.1 Å². The summed E-state index contributed by atoms with van der Waals surface area (Å²) in [6.07, 6.45) is 1.04. The number of halogens is 1. The standard InChI is InChI=1S/C22H19FN4O4S/c1-12(28)24-14-3-5-16(17(23)9-14)19-11-32-22(26-19)27-21(30)10-31-15-4-6-18-13(8-15)2-7-20(29)25-18/h3-6,8-9,11H,2,7,10H2,1H3,(H,24,28)(H,25,29)(H,26,27,30). The molecule has 0 fully saturated rings. The normalized spacial score (nSPS) is 12.5. The van der Waals surface area contributed by atoms with E-state index in [0.717, 1.165) is 22.6 Å². The first-order valence-electron chi connectivity index (χ1n) is 9.76. The zero-order chi connectivity index (χ0) is 22.7. The van der Waals surface area contributed by atoms with E-state index in [2.05, 4.69) is 20.9 Å². The zero-order valence-electron chi connectivity index (χ0n) is 17.0. The van der Waals surface area contributed by atoms with Gasteiger partial charge in [0.1, 0.15) is 11.6 Å². The number of hydrogen-bond acceptors (Lipinski definition) is 6. The minimum absolute atomic E-state index is 0.0167. The van der Waals surface area contributed by atoms with Crippen molar-refractivity contribution in [1.82, 2.24) is 4.98 Å². The second kappa shape index (κ2) is 9.15. The van der Waals surface area contributed by atoms with E-state index in [1.54, 1.807) is 29.6 Å². The van der Waals surface area contributed by atoms with Gasteiger partial charge in [-0.2, -0.15) is 0 Å². The van der Waals surface area contributed by atoms with E-state index in [1.807, 2.05) is 0 Å². The third-order valence-electron chi connectivity index (χ3n) is 4.66. The van der Waals surface area contributed by atoms with Gasteiger partial charge in [0, 0.05) is 35.7 Å². The van der Waals surface area contributed by atoms with Crippen molar-refractivity contribution in [2.75, 3.05) is 22.6 Å². The van der Waals surface area contributed by atoms with Crippen LogP contribution in [0.5, 0.6) is 5.75 Å². The fraction of sp³-hybridized carbons (Fsp3) is 0.182. The van der Waals surface area contributed by atoms with Crippen LogP contribution < -0.4 is 20.7 Å². The minimum atomic E-state index is -0.536. The van der Waals surface area contributed by atoms with Crippen LogP contribution >= 0.6 is 11.3 Å². The molecule has 1 aliphatic heterocycles. The Labute approximate surface area is 186 Å². The molecule has 0 saturated carbocycles. The molecule has 3 N–H and O–H groups in total. The summed E-state index contributed by atoms with van der Waals surface area (Å²) in [5.74, 6) is -0.724. The summed E-state index contributed by atoms with van der Waals surface area (Å²) in [6, 6.07) is 9.55. The number of anilines is 3. The van der Waals surface area contributed by atoms with Gasteiger partial charge in [0.2, 0.25) is 11.8 Å². The lowest BCUT2D eigenvalue weighted by molar-refractivity contribution is -0.118. The molecule has 8 nitrogen and oxygen atoms in total. The van der Waals surface area contributed by atoms with Crippen LogP contribution in [0.2, 0.25) is 0 Å². The number of nitrogens with zero attached hydrogens (tertiary/aromatic N) is 1. The van der Waals surface area contributed by atoms with E-state index < -0.39 is 11.7 Å². The summed E-state index contributed by atoms with van der Waals surface area (Å²) >= 11 is 1.16. The largest absolute Gasteiger partial charge is 0.484 e. The molecule has 1 aromatic heterocycles. The molecule has 0 radical (unpaired) electrons. The van der Waals surface area contributed by atoms with Crippen LogP contribution in [0.25, 0.3) is 11.3 Å². The molecule has 32 heavy (non-hydrogen) atoms. The molecule has 4 rings (SSSR count). The van der Waals surface area contributed by atoms with Crippen molar-refractivity contribution < 1.29 is 23.5 Å². The lowest BCUT2D eigenvalue weighted by Gasteiger charge is -2.17. The van der Waals surface area contributed by atoms with Crippen LogP contribution in [-0.4, -0.2) is 29.3 Å². The summed E-state index contributed by atoms with van der Waals surface area (Å²) < 4.78 is 19.9. The Bertz CT molecular complexity index is 1210. The first kappa shape index (κ1) is 21.4. The smallest absolute Gasteiger partial charge is 0.264 e. The number of amides is 3. The van der Waals surface area contributed by atoms with Gasteiger partial charge in [0.25, 0.3) is 5.91 Å². The number of benzene rings is 2. The van der Waals surface area contributed by atoms with Crippen molar-refractivity contribution in [1.29, 1.82) is 0 Å². The Morgan fingerprint density at radius 1 is 1.19 bits per heavy atom. The first-order valence-corrected chi connectivity index (χ1v) is 10.6. The topological polar surface area (TPSA) is 109 Å². The highest BCUT2D eigenvalue weighted by molar-refractivity contribution is 7.14. The number of aromatic nitrogens is 1. The van der Waals surface area contributed by atoms with Gasteiger partial charge in [-0.25, -0.2) is 9.37 Å². The fourth-order valence-electron chi connectivity index (χ4n) is 3.21. The number of carbonyl (C=O) groups excluding carboxylic acids is 3. The van der Waals surface area contributed by atoms with Crippen molar-refractivity contribution in [3.05, 3.63) is 53.2 Å². The molecular weight excluding hydrogens is 435 g/mol. The van der Waals surface area contributed by atoms with Crippen molar-refractivity contribution in [3.8, 4) is 17.0 Å². The average molecular weight is 454 g/mol. The van der Waals surface area contributed by atoms with Gasteiger partial charge in [0.15, 0.2) is 11.7 Å². The predicted molar refractivity (Wildman–Crippen MR) is 119 cm³/mol. The number of nitrogens with one attached hydrogen (secondary N) is 3. The molecular formula is C22H19FN4O4S. The van der Waals surface area contributed by atoms with Crippen LogP contribution in [0.15, 0.2) is 41.8 Å². The molecule has 0 unspecified atom stereocenters. The first-order chi connectivity index (χ1) is 15.4. The van der Waals surface area contributed by atoms with E-state index in [9.17, 15) is 18.8 Å². The summed E-state index contributed by atoms with van der Waals surface area (Å²) in [7, 11) is 0. The number of hydrogen-bond donors (Lipinski definition) is 3. The molecule has 2 heterocycles. The number of thiazole rings is 1.